The number of benzene rings is 1. The number of methoxy groups -OCH3 is 1. The number of amides is 1. The second-order valence-electron chi connectivity index (χ2n) is 5.98. The van der Waals surface area contributed by atoms with E-state index in [4.69, 9.17) is 9.26 Å². The van der Waals surface area contributed by atoms with Crippen molar-refractivity contribution in [3.05, 3.63) is 24.3 Å². The van der Waals surface area contributed by atoms with Crippen molar-refractivity contribution in [2.45, 2.75) is 31.3 Å². The monoisotopic (exact) mass is 314 g/mol. The van der Waals surface area contributed by atoms with Crippen LogP contribution in [0.5, 0.6) is 5.75 Å². The third kappa shape index (κ3) is 2.86. The first kappa shape index (κ1) is 14.0. The molecule has 0 bridgehead atoms. The maximum Gasteiger partial charge on any atom is 0.322 e. The highest BCUT2D eigenvalue weighted by Gasteiger charge is 2.39. The molecule has 1 atom stereocenters. The van der Waals surface area contributed by atoms with E-state index in [2.05, 4.69) is 15.5 Å². The van der Waals surface area contributed by atoms with Gasteiger partial charge in [-0.3, -0.25) is 4.79 Å². The van der Waals surface area contributed by atoms with E-state index in [1.165, 1.54) is 0 Å². The maximum absolute atomic E-state index is 12.0. The predicted octanol–water partition coefficient (Wildman–Crippen LogP) is 1.92. The highest BCUT2D eigenvalue weighted by molar-refractivity contribution is 5.80. The number of anilines is 1. The molecule has 2 aromatic rings. The van der Waals surface area contributed by atoms with Gasteiger partial charge in [0.15, 0.2) is 0 Å². The number of hydrogen-bond acceptors (Lipinski definition) is 6. The molecule has 1 amide bonds. The average Bonchev–Trinajstić information content (AvgIpc) is 3.20. The van der Waals surface area contributed by atoms with Gasteiger partial charge in [0.2, 0.25) is 11.7 Å². The zero-order chi connectivity index (χ0) is 15.8. The quantitative estimate of drug-likeness (QED) is 0.908. The van der Waals surface area contributed by atoms with Gasteiger partial charge in [-0.05, 0) is 25.0 Å². The molecule has 0 unspecified atom stereocenters. The minimum Gasteiger partial charge on any atom is -0.497 e. The Bertz CT molecular complexity index is 726. The van der Waals surface area contributed by atoms with Gasteiger partial charge in [-0.2, -0.15) is 4.98 Å². The van der Waals surface area contributed by atoms with Crippen molar-refractivity contribution in [3.63, 3.8) is 0 Å². The molecule has 4 rings (SSSR count). The summed E-state index contributed by atoms with van der Waals surface area (Å²) >= 11 is 0. The van der Waals surface area contributed by atoms with Crippen LogP contribution >= 0.6 is 0 Å². The molecule has 1 aromatic carbocycles. The van der Waals surface area contributed by atoms with E-state index in [0.29, 0.717) is 30.8 Å². The lowest BCUT2D eigenvalue weighted by atomic mass is 10.2. The number of hydrogen-bond donors (Lipinski definition) is 1. The Balaban J connectivity index is 1.45. The van der Waals surface area contributed by atoms with Crippen molar-refractivity contribution in [1.29, 1.82) is 0 Å². The molecule has 1 aliphatic carbocycles. The van der Waals surface area contributed by atoms with Crippen LogP contribution in [-0.2, 0) is 4.79 Å². The van der Waals surface area contributed by atoms with Crippen LogP contribution in [0.4, 0.5) is 6.01 Å². The second kappa shape index (κ2) is 5.57. The summed E-state index contributed by atoms with van der Waals surface area (Å²) in [5, 5.41) is 7.16. The first-order valence-electron chi connectivity index (χ1n) is 7.77. The Morgan fingerprint density at radius 3 is 3.04 bits per heavy atom. The molecule has 0 radical (unpaired) electrons. The first-order chi connectivity index (χ1) is 11.2. The predicted molar refractivity (Wildman–Crippen MR) is 83.0 cm³/mol. The van der Waals surface area contributed by atoms with Gasteiger partial charge in [0.05, 0.1) is 13.2 Å². The summed E-state index contributed by atoms with van der Waals surface area (Å²) in [5.74, 6) is 1.44. The molecular formula is C16H18N4O3. The number of carbonyl (C=O) groups excluding carboxylic acids is 1. The highest BCUT2D eigenvalue weighted by atomic mass is 16.5. The van der Waals surface area contributed by atoms with Crippen molar-refractivity contribution in [3.8, 4) is 17.1 Å². The van der Waals surface area contributed by atoms with Crippen molar-refractivity contribution in [1.82, 2.24) is 15.0 Å². The Hall–Kier alpha value is -2.57. The Labute approximate surface area is 133 Å². The van der Waals surface area contributed by atoms with Crippen molar-refractivity contribution < 1.29 is 14.1 Å². The molecule has 7 nitrogen and oxygen atoms in total. The summed E-state index contributed by atoms with van der Waals surface area (Å²) < 4.78 is 10.5. The third-order valence-corrected chi connectivity index (χ3v) is 4.23. The van der Waals surface area contributed by atoms with Crippen LogP contribution < -0.4 is 10.1 Å². The topological polar surface area (TPSA) is 80.5 Å². The molecule has 1 N–H and O–H groups in total. The van der Waals surface area contributed by atoms with Crippen LogP contribution in [0, 0.1) is 0 Å². The normalized spacial score (nSPS) is 20.8. The summed E-state index contributed by atoms with van der Waals surface area (Å²) in [6.07, 6.45) is 2.73. The van der Waals surface area contributed by atoms with Crippen molar-refractivity contribution in [2.75, 3.05) is 19.0 Å². The number of nitrogens with zero attached hydrogens (tertiary/aromatic N) is 3. The van der Waals surface area contributed by atoms with Crippen LogP contribution in [0.15, 0.2) is 28.8 Å². The Kier molecular flexibility index (Phi) is 3.40. The molecule has 1 saturated carbocycles. The molecular weight excluding hydrogens is 296 g/mol. The van der Waals surface area contributed by atoms with Crippen LogP contribution in [0.25, 0.3) is 11.4 Å². The van der Waals surface area contributed by atoms with E-state index < -0.39 is 0 Å². The van der Waals surface area contributed by atoms with E-state index >= 15 is 0 Å². The van der Waals surface area contributed by atoms with Gasteiger partial charge in [0.1, 0.15) is 5.75 Å². The molecule has 1 saturated heterocycles. The fraction of sp³-hybridized carbons (Fsp3) is 0.438. The van der Waals surface area contributed by atoms with Gasteiger partial charge in [0.25, 0.3) is 0 Å². The molecule has 1 aromatic heterocycles. The number of rotatable bonds is 5. The third-order valence-electron chi connectivity index (χ3n) is 4.23. The zero-order valence-electron chi connectivity index (χ0n) is 12.9. The Morgan fingerprint density at radius 2 is 2.26 bits per heavy atom. The fourth-order valence-electron chi connectivity index (χ4n) is 2.90. The molecule has 7 heteroatoms. The van der Waals surface area contributed by atoms with E-state index in [9.17, 15) is 4.79 Å². The second-order valence-corrected chi connectivity index (χ2v) is 5.98. The van der Waals surface area contributed by atoms with Gasteiger partial charge in [-0.15, -0.1) is 0 Å². The summed E-state index contributed by atoms with van der Waals surface area (Å²) in [7, 11) is 1.62. The van der Waals surface area contributed by atoms with E-state index in [1.54, 1.807) is 7.11 Å². The number of nitrogens with one attached hydrogen (secondary N) is 1. The van der Waals surface area contributed by atoms with E-state index in [-0.39, 0.29) is 11.9 Å². The van der Waals surface area contributed by atoms with E-state index in [1.807, 2.05) is 29.2 Å². The molecule has 120 valence electrons. The lowest BCUT2D eigenvalue weighted by Gasteiger charge is -2.15. The maximum atomic E-state index is 12.0. The van der Waals surface area contributed by atoms with Crippen LogP contribution in [0.3, 0.4) is 0 Å². The fourth-order valence-corrected chi connectivity index (χ4v) is 2.90. The minimum absolute atomic E-state index is 0.0294. The lowest BCUT2D eigenvalue weighted by Crippen LogP contribution is -2.29. The zero-order valence-corrected chi connectivity index (χ0v) is 12.9. The lowest BCUT2D eigenvalue weighted by molar-refractivity contribution is -0.128. The average molecular weight is 314 g/mol. The largest absolute Gasteiger partial charge is 0.497 e. The van der Waals surface area contributed by atoms with Gasteiger partial charge >= 0.3 is 6.01 Å². The number of ether oxygens (including phenoxy) is 1. The summed E-state index contributed by atoms with van der Waals surface area (Å²) in [5.41, 5.74) is 0.822. The standard InChI is InChI=1S/C16H18N4O3/c1-22-13-4-2-3-10(7-13)15-18-16(23-19-15)17-11-8-14(21)20(9-11)12-5-6-12/h2-4,7,11-12H,5-6,8-9H2,1H3,(H,17,18,19)/t11-/m0/s1. The smallest absolute Gasteiger partial charge is 0.322 e. The molecule has 0 spiro atoms. The molecule has 2 aliphatic rings. The molecule has 2 fully saturated rings. The van der Waals surface area contributed by atoms with Gasteiger partial charge < -0.3 is 19.5 Å². The highest BCUT2D eigenvalue weighted by Crippen LogP contribution is 2.31. The molecule has 1 aliphatic heterocycles. The molecule has 2 heterocycles. The minimum atomic E-state index is 0.0294. The van der Waals surface area contributed by atoms with Gasteiger partial charge in [-0.25, -0.2) is 0 Å². The van der Waals surface area contributed by atoms with Crippen LogP contribution in [0.1, 0.15) is 19.3 Å². The number of aromatic nitrogens is 2. The van der Waals surface area contributed by atoms with Gasteiger partial charge in [0, 0.05) is 24.6 Å². The summed E-state index contributed by atoms with van der Waals surface area (Å²) in [6, 6.07) is 8.30. The number of likely N-dealkylation sites (tertiary alicyclic amines) is 1. The van der Waals surface area contributed by atoms with E-state index in [0.717, 1.165) is 24.2 Å². The van der Waals surface area contributed by atoms with Crippen molar-refractivity contribution in [2.24, 2.45) is 0 Å². The summed E-state index contributed by atoms with van der Waals surface area (Å²) in [6.45, 7) is 0.709. The first-order valence-corrected chi connectivity index (χ1v) is 7.77. The van der Waals surface area contributed by atoms with Crippen LogP contribution in [0.2, 0.25) is 0 Å². The van der Waals surface area contributed by atoms with Crippen LogP contribution in [-0.4, -0.2) is 46.7 Å². The molecule has 23 heavy (non-hydrogen) atoms. The Morgan fingerprint density at radius 1 is 1.39 bits per heavy atom. The van der Waals surface area contributed by atoms with Crippen molar-refractivity contribution >= 4 is 11.9 Å². The number of carbonyl (C=O) groups is 1. The van der Waals surface area contributed by atoms with Gasteiger partial charge in [-0.1, -0.05) is 17.3 Å². The summed E-state index contributed by atoms with van der Waals surface area (Å²) in [4.78, 5) is 18.3. The SMILES string of the molecule is COc1cccc(-c2noc(N[C@H]3CC(=O)N(C4CC4)C3)n2)c1.